The van der Waals surface area contributed by atoms with Gasteiger partial charge in [0.2, 0.25) is 0 Å². The summed E-state index contributed by atoms with van der Waals surface area (Å²) in [5.41, 5.74) is 1.14. The van der Waals surface area contributed by atoms with Gasteiger partial charge in [0, 0.05) is 18.6 Å². The molecule has 2 aromatic carbocycles. The lowest BCUT2D eigenvalue weighted by Gasteiger charge is -2.10. The van der Waals surface area contributed by atoms with Crippen LogP contribution in [0.15, 0.2) is 30.3 Å². The van der Waals surface area contributed by atoms with Crippen molar-refractivity contribution in [3.63, 3.8) is 0 Å². The predicted octanol–water partition coefficient (Wildman–Crippen LogP) is 3.09. The van der Waals surface area contributed by atoms with E-state index in [0.29, 0.717) is 5.75 Å². The average molecular weight is 232 g/mol. The van der Waals surface area contributed by atoms with Crippen LogP contribution in [-0.2, 0) is 11.2 Å². The van der Waals surface area contributed by atoms with Crippen molar-refractivity contribution < 1.29 is 14.6 Å². The first-order chi connectivity index (χ1) is 8.26. The Hall–Kier alpha value is -1.74. The fourth-order valence-corrected chi connectivity index (χ4v) is 1.96. The molecule has 0 aromatic heterocycles. The molecular formula is C14H16O3. The molecule has 0 aliphatic rings. The molecule has 2 aromatic rings. The molecule has 0 atom stereocenters. The zero-order valence-corrected chi connectivity index (χ0v) is 10.1. The summed E-state index contributed by atoms with van der Waals surface area (Å²) in [6, 6.07) is 9.51. The highest BCUT2D eigenvalue weighted by atomic mass is 16.7. The van der Waals surface area contributed by atoms with Crippen molar-refractivity contribution in [2.24, 2.45) is 0 Å². The Bertz CT molecular complexity index is 520. The maximum Gasteiger partial charge on any atom is 0.188 e. The Kier molecular flexibility index (Phi) is 3.49. The van der Waals surface area contributed by atoms with E-state index < -0.39 is 0 Å². The van der Waals surface area contributed by atoms with Crippen LogP contribution in [0, 0.1) is 0 Å². The minimum atomic E-state index is 0.179. The Balaban J connectivity index is 2.51. The highest BCUT2D eigenvalue weighted by molar-refractivity contribution is 5.92. The van der Waals surface area contributed by atoms with Gasteiger partial charge in [-0.05, 0) is 23.4 Å². The van der Waals surface area contributed by atoms with E-state index in [1.165, 1.54) is 0 Å². The summed E-state index contributed by atoms with van der Waals surface area (Å²) >= 11 is 0. The topological polar surface area (TPSA) is 38.7 Å². The largest absolute Gasteiger partial charge is 0.507 e. The van der Waals surface area contributed by atoms with Gasteiger partial charge in [0.05, 0.1) is 0 Å². The molecule has 0 heterocycles. The summed E-state index contributed by atoms with van der Waals surface area (Å²) in [6.45, 7) is 2.25. The molecule has 17 heavy (non-hydrogen) atoms. The van der Waals surface area contributed by atoms with Crippen LogP contribution in [0.5, 0.6) is 11.5 Å². The first kappa shape index (κ1) is 11.7. The van der Waals surface area contributed by atoms with E-state index in [2.05, 4.69) is 6.92 Å². The van der Waals surface area contributed by atoms with E-state index in [-0.39, 0.29) is 12.5 Å². The first-order valence-corrected chi connectivity index (χ1v) is 5.62. The fourth-order valence-electron chi connectivity index (χ4n) is 1.96. The maximum absolute atomic E-state index is 10.0. The Morgan fingerprint density at radius 3 is 2.76 bits per heavy atom. The number of fused-ring (bicyclic) bond motifs is 1. The molecule has 3 nitrogen and oxygen atoms in total. The zero-order chi connectivity index (χ0) is 12.3. The lowest BCUT2D eigenvalue weighted by atomic mass is 10.0. The van der Waals surface area contributed by atoms with Crippen LogP contribution >= 0.6 is 0 Å². The zero-order valence-electron chi connectivity index (χ0n) is 10.1. The molecule has 1 N–H and O–H groups in total. The van der Waals surface area contributed by atoms with Crippen LogP contribution in [-0.4, -0.2) is 19.0 Å². The molecular weight excluding hydrogens is 216 g/mol. The van der Waals surface area contributed by atoms with Gasteiger partial charge in [0.1, 0.15) is 11.5 Å². The number of hydrogen-bond donors (Lipinski definition) is 1. The molecule has 0 bridgehead atoms. The second-order valence-corrected chi connectivity index (χ2v) is 3.86. The van der Waals surface area contributed by atoms with Gasteiger partial charge in [0.25, 0.3) is 0 Å². The van der Waals surface area contributed by atoms with Gasteiger partial charge in [-0.15, -0.1) is 0 Å². The van der Waals surface area contributed by atoms with Gasteiger partial charge in [0.15, 0.2) is 6.79 Å². The molecule has 0 saturated heterocycles. The van der Waals surface area contributed by atoms with E-state index in [9.17, 15) is 5.11 Å². The smallest absolute Gasteiger partial charge is 0.188 e. The summed E-state index contributed by atoms with van der Waals surface area (Å²) in [5, 5.41) is 11.9. The van der Waals surface area contributed by atoms with Crippen molar-refractivity contribution in [3.05, 3.63) is 35.9 Å². The van der Waals surface area contributed by atoms with Crippen LogP contribution in [0.4, 0.5) is 0 Å². The minimum absolute atomic E-state index is 0.179. The molecule has 2 rings (SSSR count). The van der Waals surface area contributed by atoms with Gasteiger partial charge in [-0.1, -0.05) is 25.1 Å². The van der Waals surface area contributed by atoms with Gasteiger partial charge >= 0.3 is 0 Å². The van der Waals surface area contributed by atoms with Crippen LogP contribution < -0.4 is 4.74 Å². The van der Waals surface area contributed by atoms with Crippen LogP contribution in [0.2, 0.25) is 0 Å². The Morgan fingerprint density at radius 2 is 2.06 bits per heavy atom. The molecule has 0 unspecified atom stereocenters. The minimum Gasteiger partial charge on any atom is -0.507 e. The van der Waals surface area contributed by atoms with Crippen LogP contribution in [0.25, 0.3) is 10.8 Å². The van der Waals surface area contributed by atoms with E-state index in [1.54, 1.807) is 13.2 Å². The number of rotatable bonds is 4. The highest BCUT2D eigenvalue weighted by Crippen LogP contribution is 2.33. The summed E-state index contributed by atoms with van der Waals surface area (Å²) in [6.07, 6.45) is 0.892. The standard InChI is InChI=1S/C14H16O3/c1-3-10-5-4-6-11-7-12(17-9-16-2)8-13(15)14(10)11/h4-8,15H,3,9H2,1-2H3. The molecule has 0 amide bonds. The number of aryl methyl sites for hydroxylation is 1. The predicted molar refractivity (Wildman–Crippen MR) is 67.5 cm³/mol. The third-order valence-corrected chi connectivity index (χ3v) is 2.74. The van der Waals surface area contributed by atoms with E-state index in [1.807, 2.05) is 24.3 Å². The molecule has 0 spiro atoms. The van der Waals surface area contributed by atoms with Crippen molar-refractivity contribution in [2.75, 3.05) is 13.9 Å². The average Bonchev–Trinajstić information content (AvgIpc) is 2.35. The van der Waals surface area contributed by atoms with Crippen LogP contribution in [0.1, 0.15) is 12.5 Å². The summed E-state index contributed by atoms with van der Waals surface area (Å²) < 4.78 is 10.2. The molecule has 0 radical (unpaired) electrons. The lowest BCUT2D eigenvalue weighted by Crippen LogP contribution is -1.98. The quantitative estimate of drug-likeness (QED) is 0.823. The number of ether oxygens (including phenoxy) is 2. The van der Waals surface area contributed by atoms with Gasteiger partial charge in [-0.3, -0.25) is 0 Å². The molecule has 0 aliphatic carbocycles. The molecule has 0 fully saturated rings. The van der Waals surface area contributed by atoms with Gasteiger partial charge < -0.3 is 14.6 Å². The summed E-state index contributed by atoms with van der Waals surface area (Å²) in [4.78, 5) is 0. The first-order valence-electron chi connectivity index (χ1n) is 5.62. The fraction of sp³-hybridized carbons (Fsp3) is 0.286. The Labute approximate surface area is 101 Å². The van der Waals surface area contributed by atoms with E-state index >= 15 is 0 Å². The van der Waals surface area contributed by atoms with Crippen molar-refractivity contribution in [3.8, 4) is 11.5 Å². The highest BCUT2D eigenvalue weighted by Gasteiger charge is 2.07. The number of phenols is 1. The summed E-state index contributed by atoms with van der Waals surface area (Å²) in [7, 11) is 1.57. The van der Waals surface area contributed by atoms with Crippen molar-refractivity contribution in [1.29, 1.82) is 0 Å². The van der Waals surface area contributed by atoms with Crippen molar-refractivity contribution in [2.45, 2.75) is 13.3 Å². The molecule has 3 heteroatoms. The molecule has 0 aliphatic heterocycles. The normalized spacial score (nSPS) is 10.7. The van der Waals surface area contributed by atoms with Gasteiger partial charge in [-0.25, -0.2) is 0 Å². The van der Waals surface area contributed by atoms with E-state index in [0.717, 1.165) is 22.8 Å². The van der Waals surface area contributed by atoms with E-state index in [4.69, 9.17) is 9.47 Å². The van der Waals surface area contributed by atoms with Crippen molar-refractivity contribution in [1.82, 2.24) is 0 Å². The second kappa shape index (κ2) is 5.06. The number of hydrogen-bond acceptors (Lipinski definition) is 3. The molecule has 0 saturated carbocycles. The monoisotopic (exact) mass is 232 g/mol. The number of aromatic hydroxyl groups is 1. The summed E-state index contributed by atoms with van der Waals surface area (Å²) in [5.74, 6) is 0.871. The SMILES string of the molecule is CCc1cccc2cc(OCOC)cc(O)c12. The second-order valence-electron chi connectivity index (χ2n) is 3.86. The molecule has 90 valence electrons. The number of benzene rings is 2. The maximum atomic E-state index is 10.0. The lowest BCUT2D eigenvalue weighted by molar-refractivity contribution is 0.0511. The third kappa shape index (κ3) is 2.34. The number of phenolic OH excluding ortho intramolecular Hbond substituents is 1. The van der Waals surface area contributed by atoms with Crippen molar-refractivity contribution >= 4 is 10.8 Å². The number of methoxy groups -OCH3 is 1. The van der Waals surface area contributed by atoms with Crippen LogP contribution in [0.3, 0.4) is 0 Å². The van der Waals surface area contributed by atoms with Gasteiger partial charge in [-0.2, -0.15) is 0 Å². The third-order valence-electron chi connectivity index (χ3n) is 2.74. The Morgan fingerprint density at radius 1 is 1.24 bits per heavy atom.